The van der Waals surface area contributed by atoms with Crippen LogP contribution in [-0.2, 0) is 17.6 Å². The summed E-state index contributed by atoms with van der Waals surface area (Å²) in [6, 6.07) is 6.41. The minimum Gasteiger partial charge on any atom is -0.464 e. The third-order valence-electron chi connectivity index (χ3n) is 5.03. The fourth-order valence-electron chi connectivity index (χ4n) is 4.36. The number of hydrogen-bond donors (Lipinski definition) is 2. The Labute approximate surface area is 150 Å². The van der Waals surface area contributed by atoms with Crippen LogP contribution in [0.4, 0.5) is 0 Å². The number of furan rings is 1. The van der Waals surface area contributed by atoms with Gasteiger partial charge in [0.05, 0.1) is 12.7 Å². The van der Waals surface area contributed by atoms with Crippen LogP contribution >= 0.6 is 0 Å². The van der Waals surface area contributed by atoms with E-state index in [9.17, 15) is 4.79 Å². The predicted octanol–water partition coefficient (Wildman–Crippen LogP) is 3.96. The Bertz CT molecular complexity index is 757. The lowest BCUT2D eigenvalue weighted by Crippen LogP contribution is -2.62. The van der Waals surface area contributed by atoms with Gasteiger partial charge in [0.2, 0.25) is 5.91 Å². The van der Waals surface area contributed by atoms with Crippen molar-refractivity contribution in [1.29, 1.82) is 0 Å². The van der Waals surface area contributed by atoms with Crippen molar-refractivity contribution in [2.24, 2.45) is 0 Å². The largest absolute Gasteiger partial charge is 0.464 e. The number of amides is 1. The highest BCUT2D eigenvalue weighted by molar-refractivity contribution is 5.88. The van der Waals surface area contributed by atoms with Crippen LogP contribution in [-0.4, -0.2) is 23.0 Å². The lowest BCUT2D eigenvalue weighted by molar-refractivity contribution is -0.121. The predicted molar refractivity (Wildman–Crippen MR) is 102 cm³/mol. The molecule has 136 valence electrons. The Morgan fingerprint density at radius 3 is 2.56 bits per heavy atom. The second-order valence-electron chi connectivity index (χ2n) is 8.69. The summed E-state index contributed by atoms with van der Waals surface area (Å²) in [6.07, 6.45) is 4.94. The molecule has 0 bridgehead atoms. The quantitative estimate of drug-likeness (QED) is 0.884. The van der Waals surface area contributed by atoms with Crippen molar-refractivity contribution >= 4 is 16.9 Å². The molecule has 0 aliphatic carbocycles. The van der Waals surface area contributed by atoms with E-state index < -0.39 is 0 Å². The Morgan fingerprint density at radius 1 is 1.24 bits per heavy atom. The first-order valence-corrected chi connectivity index (χ1v) is 9.25. The van der Waals surface area contributed by atoms with Crippen LogP contribution in [0.1, 0.15) is 58.6 Å². The lowest BCUT2D eigenvalue weighted by atomic mass is 9.79. The number of fused-ring (bicyclic) bond motifs is 1. The molecule has 1 aromatic heterocycles. The van der Waals surface area contributed by atoms with Gasteiger partial charge in [0.15, 0.2) is 0 Å². The van der Waals surface area contributed by atoms with E-state index in [0.717, 1.165) is 35.8 Å². The van der Waals surface area contributed by atoms with Crippen LogP contribution in [0.5, 0.6) is 0 Å². The molecule has 2 N–H and O–H groups in total. The van der Waals surface area contributed by atoms with E-state index in [2.05, 4.69) is 57.4 Å². The first-order chi connectivity index (χ1) is 11.7. The molecule has 25 heavy (non-hydrogen) atoms. The monoisotopic (exact) mass is 342 g/mol. The molecule has 0 radical (unpaired) electrons. The molecule has 4 heteroatoms. The van der Waals surface area contributed by atoms with Crippen molar-refractivity contribution in [3.8, 4) is 0 Å². The maximum atomic E-state index is 12.6. The number of aryl methyl sites for hydroxylation is 1. The van der Waals surface area contributed by atoms with E-state index in [1.807, 2.05) is 6.07 Å². The zero-order valence-corrected chi connectivity index (χ0v) is 16.0. The highest BCUT2D eigenvalue weighted by Gasteiger charge is 2.38. The Balaban J connectivity index is 1.70. The van der Waals surface area contributed by atoms with Crippen molar-refractivity contribution < 1.29 is 9.21 Å². The zero-order chi connectivity index (χ0) is 18.2. The minimum absolute atomic E-state index is 0.0259. The summed E-state index contributed by atoms with van der Waals surface area (Å²) in [4.78, 5) is 12.6. The molecule has 1 amide bonds. The van der Waals surface area contributed by atoms with E-state index >= 15 is 0 Å². The molecule has 1 saturated heterocycles. The normalized spacial score (nSPS) is 19.9. The van der Waals surface area contributed by atoms with Crippen LogP contribution in [0, 0.1) is 0 Å². The van der Waals surface area contributed by atoms with Crippen LogP contribution in [0.25, 0.3) is 11.0 Å². The molecule has 3 rings (SSSR count). The van der Waals surface area contributed by atoms with Crippen molar-refractivity contribution in [2.75, 3.05) is 0 Å². The second-order valence-corrected chi connectivity index (χ2v) is 8.69. The SMILES string of the molecule is CCc1ccc2occ(CC(=O)NC3CC(C)(C)NC(C)(C)C3)c2c1. The van der Waals surface area contributed by atoms with Gasteiger partial charge in [-0.15, -0.1) is 0 Å². The molecule has 0 spiro atoms. The van der Waals surface area contributed by atoms with E-state index in [1.54, 1.807) is 6.26 Å². The van der Waals surface area contributed by atoms with Gasteiger partial charge in [0.1, 0.15) is 5.58 Å². The number of hydrogen-bond acceptors (Lipinski definition) is 3. The van der Waals surface area contributed by atoms with Gasteiger partial charge in [0.25, 0.3) is 0 Å². The summed E-state index contributed by atoms with van der Waals surface area (Å²) in [5.74, 6) is 0.0723. The molecular formula is C21H30N2O2. The molecule has 2 heterocycles. The summed E-state index contributed by atoms with van der Waals surface area (Å²) >= 11 is 0. The highest BCUT2D eigenvalue weighted by atomic mass is 16.3. The molecule has 2 aromatic rings. The molecule has 0 atom stereocenters. The van der Waals surface area contributed by atoms with Crippen molar-refractivity contribution in [1.82, 2.24) is 10.6 Å². The Kier molecular flexibility index (Phi) is 4.67. The van der Waals surface area contributed by atoms with Gasteiger partial charge in [-0.05, 0) is 64.7 Å². The van der Waals surface area contributed by atoms with Gasteiger partial charge in [-0.25, -0.2) is 0 Å². The van der Waals surface area contributed by atoms with Crippen LogP contribution in [0.2, 0.25) is 0 Å². The van der Waals surface area contributed by atoms with E-state index in [4.69, 9.17) is 4.42 Å². The smallest absolute Gasteiger partial charge is 0.224 e. The molecule has 1 aliphatic rings. The molecule has 0 saturated carbocycles. The summed E-state index contributed by atoms with van der Waals surface area (Å²) < 4.78 is 5.62. The van der Waals surface area contributed by atoms with Gasteiger partial charge in [0, 0.05) is 28.1 Å². The maximum absolute atomic E-state index is 12.6. The summed E-state index contributed by atoms with van der Waals surface area (Å²) in [5, 5.41) is 7.95. The first-order valence-electron chi connectivity index (χ1n) is 9.25. The Morgan fingerprint density at radius 2 is 1.92 bits per heavy atom. The number of nitrogens with one attached hydrogen (secondary N) is 2. The van der Waals surface area contributed by atoms with Crippen molar-refractivity contribution in [3.63, 3.8) is 0 Å². The average molecular weight is 342 g/mol. The fraction of sp³-hybridized carbons (Fsp3) is 0.571. The maximum Gasteiger partial charge on any atom is 0.224 e. The third kappa shape index (κ3) is 4.24. The summed E-state index contributed by atoms with van der Waals surface area (Å²) in [5.41, 5.74) is 3.13. The van der Waals surface area contributed by atoms with Crippen molar-refractivity contribution in [2.45, 2.75) is 77.4 Å². The molecule has 1 aromatic carbocycles. The van der Waals surface area contributed by atoms with Crippen LogP contribution in [0.15, 0.2) is 28.9 Å². The minimum atomic E-state index is 0.0259. The number of carbonyl (C=O) groups is 1. The lowest BCUT2D eigenvalue weighted by Gasteiger charge is -2.46. The number of rotatable bonds is 4. The first kappa shape index (κ1) is 18.0. The van der Waals surface area contributed by atoms with E-state index in [0.29, 0.717) is 6.42 Å². The standard InChI is InChI=1S/C21H30N2O2/c1-6-14-7-8-18-17(9-14)15(13-25-18)10-19(24)22-16-11-20(2,3)23-21(4,5)12-16/h7-9,13,16,23H,6,10-12H2,1-5H3,(H,22,24). The van der Waals surface area contributed by atoms with Gasteiger partial charge in [-0.2, -0.15) is 0 Å². The van der Waals surface area contributed by atoms with Gasteiger partial charge in [-0.1, -0.05) is 13.0 Å². The molecule has 1 fully saturated rings. The number of benzene rings is 1. The van der Waals surface area contributed by atoms with E-state index in [-0.39, 0.29) is 23.0 Å². The summed E-state index contributed by atoms with van der Waals surface area (Å²) in [7, 11) is 0. The highest BCUT2D eigenvalue weighted by Crippen LogP contribution is 2.29. The van der Waals surface area contributed by atoms with Crippen LogP contribution in [0.3, 0.4) is 0 Å². The van der Waals surface area contributed by atoms with Gasteiger partial charge < -0.3 is 15.1 Å². The molecular weight excluding hydrogens is 312 g/mol. The number of carbonyl (C=O) groups excluding carboxylic acids is 1. The van der Waals surface area contributed by atoms with Gasteiger partial charge in [-0.3, -0.25) is 4.79 Å². The van der Waals surface area contributed by atoms with E-state index in [1.165, 1.54) is 5.56 Å². The zero-order valence-electron chi connectivity index (χ0n) is 16.0. The number of piperidine rings is 1. The molecule has 0 unspecified atom stereocenters. The second kappa shape index (κ2) is 6.49. The van der Waals surface area contributed by atoms with Crippen LogP contribution < -0.4 is 10.6 Å². The molecule has 4 nitrogen and oxygen atoms in total. The van der Waals surface area contributed by atoms with Crippen molar-refractivity contribution in [3.05, 3.63) is 35.6 Å². The Hall–Kier alpha value is -1.81. The topological polar surface area (TPSA) is 54.3 Å². The van der Waals surface area contributed by atoms with Gasteiger partial charge >= 0.3 is 0 Å². The third-order valence-corrected chi connectivity index (χ3v) is 5.03. The average Bonchev–Trinajstić information content (AvgIpc) is 2.86. The molecule has 1 aliphatic heterocycles. The fourth-order valence-corrected chi connectivity index (χ4v) is 4.36. The summed E-state index contributed by atoms with van der Waals surface area (Å²) in [6.45, 7) is 10.9.